The van der Waals surface area contributed by atoms with Gasteiger partial charge in [0.25, 0.3) is 0 Å². The van der Waals surface area contributed by atoms with Crippen molar-refractivity contribution in [3.8, 4) is 0 Å². The van der Waals surface area contributed by atoms with Crippen molar-refractivity contribution in [2.75, 3.05) is 0 Å². The summed E-state index contributed by atoms with van der Waals surface area (Å²) < 4.78 is 113. The second kappa shape index (κ2) is 8.44. The summed E-state index contributed by atoms with van der Waals surface area (Å²) >= 11 is 0. The third-order valence-electron chi connectivity index (χ3n) is 2.68. The normalized spacial score (nSPS) is 13.0. The number of aromatic nitrogens is 3. The van der Waals surface area contributed by atoms with E-state index in [2.05, 4.69) is 9.55 Å². The van der Waals surface area contributed by atoms with Crippen LogP contribution in [0.5, 0.6) is 0 Å². The molecule has 0 radical (unpaired) electrons. The fourth-order valence-corrected chi connectivity index (χ4v) is 3.20. The van der Waals surface area contributed by atoms with Crippen LogP contribution in [0.15, 0.2) is 43.1 Å². The molecule has 8 nitrogen and oxygen atoms in total. The van der Waals surface area contributed by atoms with E-state index >= 15 is 0 Å². The molecule has 2 rings (SSSR count). The Morgan fingerprint density at radius 2 is 1.57 bits per heavy atom. The molecule has 0 atom stereocenters. The van der Waals surface area contributed by atoms with Crippen molar-refractivity contribution in [3.63, 3.8) is 0 Å². The molecule has 158 valence electrons. The van der Waals surface area contributed by atoms with Gasteiger partial charge in [0, 0.05) is 6.20 Å². The molecule has 0 bridgehead atoms. The first-order valence-electron chi connectivity index (χ1n) is 6.83. The molecule has 2 heterocycles. The summed E-state index contributed by atoms with van der Waals surface area (Å²) in [4.78, 5) is 4.25. The minimum Gasteiger partial charge on any atom is -0.421 e. The predicted molar refractivity (Wildman–Crippen MR) is 82.3 cm³/mol. The molecule has 0 aliphatic carbocycles. The molecule has 16 heteroatoms. The van der Waals surface area contributed by atoms with Crippen LogP contribution in [0.4, 0.5) is 26.3 Å². The molecule has 2 aromatic rings. The van der Waals surface area contributed by atoms with E-state index in [-0.39, 0.29) is 0 Å². The molecule has 2 aromatic heterocycles. The molecule has 0 N–H and O–H groups in total. The highest BCUT2D eigenvalue weighted by Crippen LogP contribution is 2.36. The standard InChI is InChI=1S/C10H12N3.C2F6NO4S2/c1-12-6-7-13(9-12)8-10-4-2-3-5-11-10;3-1(4,5)14(10,11)9-15(12,13)2(6,7)8/h2-7,9H,8H2,1H3;/q+1;-1. The Morgan fingerprint density at radius 3 is 1.93 bits per heavy atom. The van der Waals surface area contributed by atoms with Crippen LogP contribution in [-0.2, 0) is 33.6 Å². The van der Waals surface area contributed by atoms with E-state index in [9.17, 15) is 43.2 Å². The van der Waals surface area contributed by atoms with E-state index in [1.807, 2.05) is 54.7 Å². The third kappa shape index (κ3) is 6.75. The summed E-state index contributed by atoms with van der Waals surface area (Å²) in [7, 11) is -11.4. The van der Waals surface area contributed by atoms with Gasteiger partial charge in [0.05, 0.1) is 12.7 Å². The number of sulfonamides is 2. The Morgan fingerprint density at radius 1 is 1.04 bits per heavy atom. The fourth-order valence-electron chi connectivity index (χ4n) is 1.49. The van der Waals surface area contributed by atoms with E-state index in [1.54, 1.807) is 0 Å². The van der Waals surface area contributed by atoms with E-state index in [1.165, 1.54) is 0 Å². The molecule has 0 fully saturated rings. The van der Waals surface area contributed by atoms with Crippen molar-refractivity contribution in [1.82, 2.24) is 9.55 Å². The van der Waals surface area contributed by atoms with Crippen molar-refractivity contribution >= 4 is 20.0 Å². The molecule has 28 heavy (non-hydrogen) atoms. The van der Waals surface area contributed by atoms with Crippen LogP contribution in [0.1, 0.15) is 5.69 Å². The monoisotopic (exact) mass is 454 g/mol. The van der Waals surface area contributed by atoms with Crippen molar-refractivity contribution in [3.05, 3.63) is 52.9 Å². The fraction of sp³-hybridized carbons (Fsp3) is 0.333. The maximum atomic E-state index is 11.4. The predicted octanol–water partition coefficient (Wildman–Crippen LogP) is 1.82. The number of rotatable bonds is 4. The zero-order valence-corrected chi connectivity index (χ0v) is 15.4. The first kappa shape index (κ1) is 23.8. The summed E-state index contributed by atoms with van der Waals surface area (Å²) in [5.74, 6) is 0. The highest BCUT2D eigenvalue weighted by atomic mass is 32.3. The largest absolute Gasteiger partial charge is 0.480 e. The number of aryl methyl sites for hydroxylation is 1. The van der Waals surface area contributed by atoms with Gasteiger partial charge in [-0.05, 0) is 12.1 Å². The van der Waals surface area contributed by atoms with E-state index in [4.69, 9.17) is 0 Å². The maximum absolute atomic E-state index is 11.4. The molecule has 0 aliphatic heterocycles. The zero-order chi connectivity index (χ0) is 21.8. The number of hydrogen-bond donors (Lipinski definition) is 0. The van der Waals surface area contributed by atoms with Gasteiger partial charge in [0.15, 0.2) is 20.0 Å². The topological polar surface area (TPSA) is 104 Å². The molecule has 0 spiro atoms. The lowest BCUT2D eigenvalue weighted by atomic mass is 10.3. The average molecular weight is 454 g/mol. The second-order valence-corrected chi connectivity index (χ2v) is 8.41. The number of hydrogen-bond acceptors (Lipinski definition) is 5. The number of nitrogens with zero attached hydrogens (tertiary/aromatic N) is 4. The number of alkyl halides is 6. The number of pyridine rings is 1. The zero-order valence-electron chi connectivity index (χ0n) is 13.8. The Labute approximate surface area is 155 Å². The van der Waals surface area contributed by atoms with Crippen LogP contribution in [-0.4, -0.2) is 37.4 Å². The SMILES string of the molecule is C[n+]1ccn(Cc2ccccn2)c1.O=S(=O)([N-]S(=O)(=O)C(F)(F)F)C(F)(F)F. The highest BCUT2D eigenvalue weighted by molar-refractivity contribution is 8.13. The quantitative estimate of drug-likeness (QED) is 0.518. The smallest absolute Gasteiger partial charge is 0.421 e. The summed E-state index contributed by atoms with van der Waals surface area (Å²) in [5, 5.41) is 0. The lowest BCUT2D eigenvalue weighted by Crippen LogP contribution is -2.30. The Balaban J connectivity index is 0.000000281. The van der Waals surface area contributed by atoms with Crippen LogP contribution < -0.4 is 4.57 Å². The molecular weight excluding hydrogens is 442 g/mol. The van der Waals surface area contributed by atoms with Crippen molar-refractivity contribution in [2.45, 2.75) is 17.6 Å². The lowest BCUT2D eigenvalue weighted by molar-refractivity contribution is -0.671. The van der Waals surface area contributed by atoms with Gasteiger partial charge in [-0.15, -0.1) is 0 Å². The van der Waals surface area contributed by atoms with Gasteiger partial charge < -0.3 is 4.13 Å². The Hall–Kier alpha value is -2.20. The van der Waals surface area contributed by atoms with E-state index < -0.39 is 31.1 Å². The molecule has 0 unspecified atom stereocenters. The van der Waals surface area contributed by atoms with E-state index in [0.717, 1.165) is 16.4 Å². The molecule has 0 aliphatic rings. The van der Waals surface area contributed by atoms with Crippen LogP contribution in [0.2, 0.25) is 0 Å². The van der Waals surface area contributed by atoms with Gasteiger partial charge in [0.1, 0.15) is 18.9 Å². The van der Waals surface area contributed by atoms with Gasteiger partial charge in [-0.25, -0.2) is 26.0 Å². The first-order valence-corrected chi connectivity index (χ1v) is 9.71. The Kier molecular flexibility index (Phi) is 7.18. The van der Waals surface area contributed by atoms with Crippen molar-refractivity contribution in [1.29, 1.82) is 0 Å². The summed E-state index contributed by atoms with van der Waals surface area (Å²) in [6.07, 6.45) is 7.91. The number of imidazole rings is 1. The second-order valence-electron chi connectivity index (χ2n) is 4.99. The van der Waals surface area contributed by atoms with Gasteiger partial charge >= 0.3 is 11.0 Å². The molecular formula is C12H12F6N4O4S2. The van der Waals surface area contributed by atoms with Crippen LogP contribution in [0, 0.1) is 0 Å². The summed E-state index contributed by atoms with van der Waals surface area (Å²) in [6.45, 7) is 0.835. The van der Waals surface area contributed by atoms with Gasteiger partial charge in [-0.3, -0.25) is 4.98 Å². The third-order valence-corrected chi connectivity index (χ3v) is 5.42. The maximum Gasteiger partial charge on any atom is 0.480 e. The number of halogens is 6. The van der Waals surface area contributed by atoms with Gasteiger partial charge in [0.2, 0.25) is 6.33 Å². The van der Waals surface area contributed by atoms with Crippen molar-refractivity contribution < 1.29 is 47.7 Å². The highest BCUT2D eigenvalue weighted by Gasteiger charge is 2.46. The minimum absolute atomic E-state index is 0.778. The summed E-state index contributed by atoms with van der Waals surface area (Å²) in [5.41, 5.74) is -11.3. The molecule has 0 saturated carbocycles. The van der Waals surface area contributed by atoms with Crippen LogP contribution in [0.25, 0.3) is 4.13 Å². The molecule has 0 amide bonds. The van der Waals surface area contributed by atoms with E-state index in [0.29, 0.717) is 0 Å². The average Bonchev–Trinajstić information content (AvgIpc) is 2.91. The van der Waals surface area contributed by atoms with Crippen LogP contribution >= 0.6 is 0 Å². The van der Waals surface area contributed by atoms with Gasteiger partial charge in [-0.1, -0.05) is 6.07 Å². The first-order chi connectivity index (χ1) is 12.6. The minimum atomic E-state index is -6.72. The summed E-state index contributed by atoms with van der Waals surface area (Å²) in [6, 6.07) is 5.96. The molecule has 0 saturated heterocycles. The van der Waals surface area contributed by atoms with Crippen LogP contribution in [0.3, 0.4) is 0 Å². The molecule has 0 aromatic carbocycles. The van der Waals surface area contributed by atoms with Crippen molar-refractivity contribution in [2.24, 2.45) is 7.05 Å². The lowest BCUT2D eigenvalue weighted by Gasteiger charge is -2.22. The Bertz CT molecular complexity index is 943. The van der Waals surface area contributed by atoms with Gasteiger partial charge in [-0.2, -0.15) is 26.3 Å².